The highest BCUT2D eigenvalue weighted by Crippen LogP contribution is 2.27. The number of aliphatic hydroxyl groups excluding tert-OH is 2. The molecule has 1 rings (SSSR count). The quantitative estimate of drug-likeness (QED) is 0.0228. The van der Waals surface area contributed by atoms with E-state index >= 15 is 0 Å². The summed E-state index contributed by atoms with van der Waals surface area (Å²) in [6.45, 7) is 5.73. The van der Waals surface area contributed by atoms with E-state index in [1.807, 2.05) is 12.2 Å². The van der Waals surface area contributed by atoms with Crippen molar-refractivity contribution in [2.45, 2.75) is 302 Å². The second kappa shape index (κ2) is 59.5. The number of aliphatic carboxylic acids is 1. The lowest BCUT2D eigenvalue weighted by molar-refractivity contribution is -0.301. The Labute approximate surface area is 516 Å². The van der Waals surface area contributed by atoms with Gasteiger partial charge in [-0.25, -0.2) is 4.79 Å². The molecule has 6 atom stereocenters. The molecule has 3 N–H and O–H groups in total. The molecule has 12 heteroatoms. The molecule has 85 heavy (non-hydrogen) atoms. The Morgan fingerprint density at radius 1 is 0.400 bits per heavy atom. The number of aliphatic hydroxyl groups is 2. The van der Waals surface area contributed by atoms with Crippen LogP contribution in [0.2, 0.25) is 0 Å². The van der Waals surface area contributed by atoms with E-state index in [4.69, 9.17) is 23.7 Å². The van der Waals surface area contributed by atoms with E-state index in [1.54, 1.807) is 0 Å². The maximum absolute atomic E-state index is 13.2. The largest absolute Gasteiger partial charge is 0.479 e. The highest BCUT2D eigenvalue weighted by molar-refractivity contribution is 5.74. The number of carboxylic acid groups (broad SMARTS) is 1. The van der Waals surface area contributed by atoms with Gasteiger partial charge in [-0.2, -0.15) is 0 Å². The lowest BCUT2D eigenvalue weighted by Crippen LogP contribution is -2.61. The van der Waals surface area contributed by atoms with Crippen molar-refractivity contribution in [3.05, 3.63) is 122 Å². The van der Waals surface area contributed by atoms with Gasteiger partial charge in [-0.3, -0.25) is 14.4 Å². The summed E-state index contributed by atoms with van der Waals surface area (Å²) in [4.78, 5) is 51.4. The number of allylic oxidation sites excluding steroid dienone is 20. The molecular formula is C73H118O12. The summed E-state index contributed by atoms with van der Waals surface area (Å²) >= 11 is 0. The molecule has 0 spiro atoms. The molecule has 0 aromatic carbocycles. The standard InChI is InChI=1S/C73H118O12/c1-4-7-10-13-16-19-22-25-28-31-33-36-38-41-44-47-50-53-56-59-65(74)81-62-64(83-66(75)60-57-54-51-48-45-42-39-35-30-27-24-21-18-15-12-9-6-3)63-82-73-71(69(78)68(77)70(85-73)72(79)80)84-67(76)61-58-55-52-49-46-43-40-37-34-32-29-26-23-20-17-14-11-8-5-2/h7-8,10-11,16-17,19-20,25-26,28-29,33-34,36-37,41,44,50,53,64,68-71,73,77-78H,4-6,9,12-15,18,21-24,27,30-32,35,38-40,42-43,45-49,51-52,54-63H2,1-3H3,(H,79,80)/b10-7-,11-8-,19-16-,20-17-,28-25-,29-26-,36-33-,37-34-,44-41-,53-50-. The molecule has 6 unspecified atom stereocenters. The number of carbonyl (C=O) groups is 4. The van der Waals surface area contributed by atoms with Crippen LogP contribution in [0.15, 0.2) is 122 Å². The third-order valence-corrected chi connectivity index (χ3v) is 14.5. The van der Waals surface area contributed by atoms with Crippen LogP contribution in [0.25, 0.3) is 0 Å². The van der Waals surface area contributed by atoms with Crippen LogP contribution in [0.1, 0.15) is 265 Å². The minimum absolute atomic E-state index is 0.0322. The molecule has 0 aromatic rings. The molecule has 1 saturated heterocycles. The number of unbranched alkanes of at least 4 members (excludes halogenated alkanes) is 22. The van der Waals surface area contributed by atoms with Crippen molar-refractivity contribution in [2.75, 3.05) is 13.2 Å². The second-order valence-electron chi connectivity index (χ2n) is 22.3. The molecule has 1 heterocycles. The Morgan fingerprint density at radius 3 is 1.18 bits per heavy atom. The van der Waals surface area contributed by atoms with E-state index in [9.17, 15) is 34.5 Å². The highest BCUT2D eigenvalue weighted by atomic mass is 16.7. The predicted molar refractivity (Wildman–Crippen MR) is 349 cm³/mol. The molecule has 0 radical (unpaired) electrons. The van der Waals surface area contributed by atoms with E-state index in [2.05, 4.69) is 130 Å². The van der Waals surface area contributed by atoms with Crippen LogP contribution in [0.4, 0.5) is 0 Å². The Hall–Kier alpha value is -4.88. The number of ether oxygens (including phenoxy) is 5. The van der Waals surface area contributed by atoms with Crippen molar-refractivity contribution in [1.82, 2.24) is 0 Å². The fraction of sp³-hybridized carbons (Fsp3) is 0.671. The Balaban J connectivity index is 2.71. The number of hydrogen-bond donors (Lipinski definition) is 3. The van der Waals surface area contributed by atoms with Crippen LogP contribution in [-0.4, -0.2) is 89.2 Å². The first kappa shape index (κ1) is 78.1. The van der Waals surface area contributed by atoms with Crippen LogP contribution < -0.4 is 0 Å². The summed E-state index contributed by atoms with van der Waals surface area (Å²) in [5.41, 5.74) is 0. The van der Waals surface area contributed by atoms with Crippen molar-refractivity contribution in [3.63, 3.8) is 0 Å². The van der Waals surface area contributed by atoms with Crippen molar-refractivity contribution in [1.29, 1.82) is 0 Å². The van der Waals surface area contributed by atoms with Crippen LogP contribution in [0.5, 0.6) is 0 Å². The SMILES string of the molecule is CC/C=C\C/C=C\C/C=C\C/C=C\C/C=C\C/C=C\CCC(=O)OCC(COC1OC(C(=O)O)C(O)C(O)C1OC(=O)CCCCCCCC/C=C\C/C=C\C/C=C\C/C=C\CC)OC(=O)CCCCCCCCCCCCCCCCCCC. The first-order chi connectivity index (χ1) is 41.6. The van der Waals surface area contributed by atoms with Gasteiger partial charge in [0.1, 0.15) is 18.8 Å². The van der Waals surface area contributed by atoms with Gasteiger partial charge in [0.15, 0.2) is 24.6 Å². The van der Waals surface area contributed by atoms with Gasteiger partial charge in [0.05, 0.1) is 6.61 Å². The van der Waals surface area contributed by atoms with Gasteiger partial charge >= 0.3 is 23.9 Å². The van der Waals surface area contributed by atoms with E-state index < -0.39 is 67.3 Å². The van der Waals surface area contributed by atoms with Gasteiger partial charge < -0.3 is 39.0 Å². The van der Waals surface area contributed by atoms with Gasteiger partial charge in [-0.05, 0) is 96.3 Å². The Kier molecular flexibility index (Phi) is 54.6. The maximum Gasteiger partial charge on any atom is 0.335 e. The average Bonchev–Trinajstić information content (AvgIpc) is 3.51. The fourth-order valence-corrected chi connectivity index (χ4v) is 9.50. The van der Waals surface area contributed by atoms with E-state index in [0.29, 0.717) is 19.3 Å². The normalized spacial score (nSPS) is 18.2. The first-order valence-corrected chi connectivity index (χ1v) is 33.5. The predicted octanol–water partition coefficient (Wildman–Crippen LogP) is 18.3. The molecule has 0 amide bonds. The molecule has 0 aliphatic carbocycles. The number of hydrogen-bond acceptors (Lipinski definition) is 11. The third kappa shape index (κ3) is 48.9. The van der Waals surface area contributed by atoms with Crippen LogP contribution in [0.3, 0.4) is 0 Å². The molecule has 1 aliphatic heterocycles. The van der Waals surface area contributed by atoms with Crippen molar-refractivity contribution >= 4 is 23.9 Å². The summed E-state index contributed by atoms with van der Waals surface area (Å²) < 4.78 is 28.5. The summed E-state index contributed by atoms with van der Waals surface area (Å²) in [6.07, 6.45) is 70.2. The van der Waals surface area contributed by atoms with Crippen molar-refractivity contribution < 1.29 is 58.2 Å². The Morgan fingerprint density at radius 2 is 0.765 bits per heavy atom. The summed E-state index contributed by atoms with van der Waals surface area (Å²) in [5.74, 6) is -3.25. The van der Waals surface area contributed by atoms with E-state index in [-0.39, 0.29) is 25.9 Å². The van der Waals surface area contributed by atoms with Crippen LogP contribution >= 0.6 is 0 Å². The Bertz CT molecular complexity index is 1940. The van der Waals surface area contributed by atoms with Crippen LogP contribution in [-0.2, 0) is 42.9 Å². The number of rotatable bonds is 56. The van der Waals surface area contributed by atoms with Gasteiger partial charge in [0.2, 0.25) is 0 Å². The molecule has 1 fully saturated rings. The summed E-state index contributed by atoms with van der Waals surface area (Å²) in [6, 6.07) is 0. The average molecular weight is 1190 g/mol. The van der Waals surface area contributed by atoms with Gasteiger partial charge in [-0.15, -0.1) is 0 Å². The molecule has 0 aromatic heterocycles. The van der Waals surface area contributed by atoms with E-state index in [0.717, 1.165) is 122 Å². The molecule has 1 aliphatic rings. The van der Waals surface area contributed by atoms with E-state index in [1.165, 1.54) is 83.5 Å². The fourth-order valence-electron chi connectivity index (χ4n) is 9.50. The van der Waals surface area contributed by atoms with Gasteiger partial charge in [0.25, 0.3) is 0 Å². The summed E-state index contributed by atoms with van der Waals surface area (Å²) in [7, 11) is 0. The third-order valence-electron chi connectivity index (χ3n) is 14.5. The number of carbonyl (C=O) groups excluding carboxylic acids is 3. The summed E-state index contributed by atoms with van der Waals surface area (Å²) in [5, 5.41) is 31.6. The van der Waals surface area contributed by atoms with Crippen molar-refractivity contribution in [2.24, 2.45) is 0 Å². The van der Waals surface area contributed by atoms with Crippen LogP contribution in [0, 0.1) is 0 Å². The monoisotopic (exact) mass is 1190 g/mol. The van der Waals surface area contributed by atoms with Gasteiger partial charge in [-0.1, -0.05) is 271 Å². The topological polar surface area (TPSA) is 175 Å². The molecule has 482 valence electrons. The maximum atomic E-state index is 13.2. The highest BCUT2D eigenvalue weighted by Gasteiger charge is 2.50. The zero-order valence-electron chi connectivity index (χ0n) is 53.3. The lowest BCUT2D eigenvalue weighted by Gasteiger charge is -2.40. The molecular weight excluding hydrogens is 1070 g/mol. The number of esters is 3. The van der Waals surface area contributed by atoms with Crippen molar-refractivity contribution in [3.8, 4) is 0 Å². The zero-order valence-corrected chi connectivity index (χ0v) is 53.3. The number of carboxylic acids is 1. The smallest absolute Gasteiger partial charge is 0.335 e. The zero-order chi connectivity index (χ0) is 61.7. The first-order valence-electron chi connectivity index (χ1n) is 33.5. The minimum Gasteiger partial charge on any atom is -0.479 e. The second-order valence-corrected chi connectivity index (χ2v) is 22.3. The van der Waals surface area contributed by atoms with Gasteiger partial charge in [0, 0.05) is 19.3 Å². The lowest BCUT2D eigenvalue weighted by atomic mass is 9.98. The molecule has 0 bridgehead atoms. The minimum atomic E-state index is -1.92. The molecule has 12 nitrogen and oxygen atoms in total. The molecule has 0 saturated carbocycles.